The Morgan fingerprint density at radius 2 is 2.11 bits per heavy atom. The van der Waals surface area contributed by atoms with Crippen LogP contribution in [0.1, 0.15) is 24.8 Å². The minimum atomic E-state index is -3.92. The second-order valence-electron chi connectivity index (χ2n) is 4.64. The quantitative estimate of drug-likeness (QED) is 0.927. The third-order valence-electron chi connectivity index (χ3n) is 3.50. The number of hydrogen-bond acceptors (Lipinski definition) is 3. The maximum atomic E-state index is 14.1. The van der Waals surface area contributed by atoms with E-state index in [1.165, 1.54) is 17.4 Å². The van der Waals surface area contributed by atoms with Crippen LogP contribution in [0.3, 0.4) is 0 Å². The second-order valence-corrected chi connectivity index (χ2v) is 7.04. The molecule has 106 valence electrons. The Morgan fingerprint density at radius 1 is 1.47 bits per heavy atom. The molecule has 0 saturated heterocycles. The highest BCUT2D eigenvalue weighted by atomic mass is 35.5. The van der Waals surface area contributed by atoms with Gasteiger partial charge in [-0.15, -0.1) is 0 Å². The molecule has 0 heterocycles. The average molecular weight is 308 g/mol. The monoisotopic (exact) mass is 307 g/mol. The Bertz CT molecular complexity index is 587. The molecule has 1 N–H and O–H groups in total. The first-order chi connectivity index (χ1) is 8.87. The lowest BCUT2D eigenvalue weighted by Crippen LogP contribution is -2.41. The van der Waals surface area contributed by atoms with E-state index in [-0.39, 0.29) is 16.6 Å². The van der Waals surface area contributed by atoms with Gasteiger partial charge in [-0.3, -0.25) is 0 Å². The highest BCUT2D eigenvalue weighted by molar-refractivity contribution is 7.89. The number of aliphatic hydroxyl groups is 1. The van der Waals surface area contributed by atoms with Gasteiger partial charge in [0.05, 0.1) is 6.61 Å². The molecule has 0 unspecified atom stereocenters. The molecule has 0 aromatic heterocycles. The van der Waals surface area contributed by atoms with Gasteiger partial charge in [-0.05, 0) is 25.0 Å². The van der Waals surface area contributed by atoms with Gasteiger partial charge in [0.1, 0.15) is 10.7 Å². The molecule has 1 saturated carbocycles. The summed E-state index contributed by atoms with van der Waals surface area (Å²) in [4.78, 5) is -0.474. The van der Waals surface area contributed by atoms with Crippen molar-refractivity contribution in [2.45, 2.75) is 36.8 Å². The van der Waals surface area contributed by atoms with Crippen molar-refractivity contribution < 1.29 is 17.9 Å². The summed E-state index contributed by atoms with van der Waals surface area (Å²) in [6, 6.07) is 2.22. The van der Waals surface area contributed by atoms with Gasteiger partial charge >= 0.3 is 0 Å². The predicted molar refractivity (Wildman–Crippen MR) is 69.9 cm³/mol. The molecule has 1 aliphatic carbocycles. The van der Waals surface area contributed by atoms with Crippen molar-refractivity contribution in [1.82, 2.24) is 4.31 Å². The summed E-state index contributed by atoms with van der Waals surface area (Å²) < 4.78 is 40.0. The zero-order valence-corrected chi connectivity index (χ0v) is 12.0. The van der Waals surface area contributed by atoms with E-state index in [1.807, 2.05) is 0 Å². The number of hydrogen-bond donors (Lipinski definition) is 1. The number of halogens is 2. The number of nitrogens with zero attached hydrogens (tertiary/aromatic N) is 1. The van der Waals surface area contributed by atoms with Crippen LogP contribution in [0, 0.1) is 5.82 Å². The van der Waals surface area contributed by atoms with E-state index in [0.29, 0.717) is 0 Å². The number of benzene rings is 1. The number of aliphatic hydroxyl groups excluding tert-OH is 1. The molecule has 1 aromatic rings. The zero-order chi connectivity index (χ0) is 14.2. The molecule has 7 heteroatoms. The highest BCUT2D eigenvalue weighted by Crippen LogP contribution is 2.31. The molecule has 1 aromatic carbocycles. The molecule has 0 bridgehead atoms. The summed E-state index contributed by atoms with van der Waals surface area (Å²) in [5.41, 5.74) is -0.118. The largest absolute Gasteiger partial charge is 0.392 e. The van der Waals surface area contributed by atoms with Gasteiger partial charge in [-0.1, -0.05) is 18.0 Å². The van der Waals surface area contributed by atoms with Gasteiger partial charge in [-0.2, -0.15) is 4.31 Å². The van der Waals surface area contributed by atoms with Crippen molar-refractivity contribution in [3.63, 3.8) is 0 Å². The van der Waals surface area contributed by atoms with Crippen LogP contribution in [-0.4, -0.2) is 30.9 Å². The van der Waals surface area contributed by atoms with Gasteiger partial charge in [0.2, 0.25) is 10.0 Å². The van der Waals surface area contributed by atoms with E-state index < -0.39 is 27.3 Å². The lowest BCUT2D eigenvalue weighted by atomic mass is 9.94. The summed E-state index contributed by atoms with van der Waals surface area (Å²) in [5, 5.41) is 9.12. The molecule has 1 fully saturated rings. The van der Waals surface area contributed by atoms with Crippen molar-refractivity contribution in [1.29, 1.82) is 0 Å². The summed E-state index contributed by atoms with van der Waals surface area (Å²) in [7, 11) is -2.48. The van der Waals surface area contributed by atoms with Crippen molar-refractivity contribution in [2.24, 2.45) is 0 Å². The van der Waals surface area contributed by atoms with Crippen molar-refractivity contribution in [2.75, 3.05) is 7.05 Å². The fourth-order valence-corrected chi connectivity index (χ4v) is 3.88. The molecule has 4 nitrogen and oxygen atoms in total. The number of rotatable bonds is 4. The van der Waals surface area contributed by atoms with Gasteiger partial charge < -0.3 is 5.11 Å². The Hall–Kier alpha value is -0.690. The summed E-state index contributed by atoms with van der Waals surface area (Å²) in [6.07, 6.45) is 2.54. The van der Waals surface area contributed by atoms with Gasteiger partial charge in [0, 0.05) is 23.7 Å². The van der Waals surface area contributed by atoms with E-state index in [9.17, 15) is 12.8 Å². The standard InChI is InChI=1S/C12H15ClFNO3S/c1-15(10-3-2-4-10)19(17,18)11-6-9(13)5-8(7-16)12(11)14/h5-6,10,16H,2-4,7H2,1H3. The lowest BCUT2D eigenvalue weighted by Gasteiger charge is -2.33. The third-order valence-corrected chi connectivity index (χ3v) is 5.62. The van der Waals surface area contributed by atoms with Crippen molar-refractivity contribution in [3.8, 4) is 0 Å². The topological polar surface area (TPSA) is 57.6 Å². The molecule has 0 amide bonds. The molecule has 2 rings (SSSR count). The van der Waals surface area contributed by atoms with Crippen LogP contribution in [-0.2, 0) is 16.6 Å². The first kappa shape index (κ1) is 14.7. The molecule has 0 spiro atoms. The highest BCUT2D eigenvalue weighted by Gasteiger charge is 2.34. The normalized spacial score (nSPS) is 16.7. The molecule has 0 radical (unpaired) electrons. The Balaban J connectivity index is 2.47. The van der Waals surface area contributed by atoms with Gasteiger partial charge in [-0.25, -0.2) is 12.8 Å². The number of sulfonamides is 1. The zero-order valence-electron chi connectivity index (χ0n) is 10.4. The Labute approximate surface area is 116 Å². The fraction of sp³-hybridized carbons (Fsp3) is 0.500. The molecular formula is C12H15ClFNO3S. The van der Waals surface area contributed by atoms with Crippen LogP contribution in [0.4, 0.5) is 4.39 Å². The van der Waals surface area contributed by atoms with Crippen molar-refractivity contribution in [3.05, 3.63) is 28.5 Å². The summed E-state index contributed by atoms with van der Waals surface area (Å²) in [5.74, 6) is -0.932. The summed E-state index contributed by atoms with van der Waals surface area (Å²) >= 11 is 5.78. The van der Waals surface area contributed by atoms with E-state index >= 15 is 0 Å². The van der Waals surface area contributed by atoms with Crippen LogP contribution < -0.4 is 0 Å². The predicted octanol–water partition coefficient (Wildman–Crippen LogP) is 2.14. The van der Waals surface area contributed by atoms with E-state index in [4.69, 9.17) is 16.7 Å². The van der Waals surface area contributed by atoms with E-state index in [0.717, 1.165) is 25.3 Å². The van der Waals surface area contributed by atoms with Crippen LogP contribution >= 0.6 is 11.6 Å². The minimum Gasteiger partial charge on any atom is -0.392 e. The molecule has 0 atom stereocenters. The van der Waals surface area contributed by atoms with Crippen LogP contribution in [0.2, 0.25) is 5.02 Å². The third kappa shape index (κ3) is 2.63. The maximum Gasteiger partial charge on any atom is 0.246 e. The van der Waals surface area contributed by atoms with E-state index in [2.05, 4.69) is 0 Å². The first-order valence-electron chi connectivity index (χ1n) is 5.94. The lowest BCUT2D eigenvalue weighted by molar-refractivity contribution is 0.248. The average Bonchev–Trinajstić information content (AvgIpc) is 2.29. The molecule has 1 aliphatic rings. The minimum absolute atomic E-state index is 0.0824. The summed E-state index contributed by atoms with van der Waals surface area (Å²) in [6.45, 7) is -0.595. The smallest absolute Gasteiger partial charge is 0.246 e. The molecule has 0 aliphatic heterocycles. The molecular weight excluding hydrogens is 293 g/mol. The first-order valence-corrected chi connectivity index (χ1v) is 7.76. The SMILES string of the molecule is CN(C1CCC1)S(=O)(=O)c1cc(Cl)cc(CO)c1F. The molecule has 19 heavy (non-hydrogen) atoms. The van der Waals surface area contributed by atoms with Gasteiger partial charge in [0.15, 0.2) is 0 Å². The Kier molecular flexibility index (Phi) is 4.15. The van der Waals surface area contributed by atoms with E-state index in [1.54, 1.807) is 0 Å². The van der Waals surface area contributed by atoms with Crippen LogP contribution in [0.15, 0.2) is 17.0 Å². The van der Waals surface area contributed by atoms with Crippen LogP contribution in [0.5, 0.6) is 0 Å². The van der Waals surface area contributed by atoms with Crippen molar-refractivity contribution >= 4 is 21.6 Å². The van der Waals surface area contributed by atoms with Crippen LogP contribution in [0.25, 0.3) is 0 Å². The van der Waals surface area contributed by atoms with Gasteiger partial charge in [0.25, 0.3) is 0 Å². The Morgan fingerprint density at radius 3 is 2.58 bits per heavy atom. The maximum absolute atomic E-state index is 14.1. The fourth-order valence-electron chi connectivity index (χ4n) is 2.02. The second kappa shape index (κ2) is 5.36.